The van der Waals surface area contributed by atoms with Gasteiger partial charge in [-0.1, -0.05) is 0 Å². The number of nitrogens with zero attached hydrogens (tertiary/aromatic N) is 5. The largest absolute Gasteiger partial charge is 0.369 e. The van der Waals surface area contributed by atoms with Crippen LogP contribution in [0.2, 0.25) is 0 Å². The van der Waals surface area contributed by atoms with E-state index < -0.39 is 5.82 Å². The van der Waals surface area contributed by atoms with Crippen molar-refractivity contribution in [2.45, 2.75) is 38.6 Å². The Morgan fingerprint density at radius 3 is 2.78 bits per heavy atom. The van der Waals surface area contributed by atoms with E-state index in [1.54, 1.807) is 12.1 Å². The summed E-state index contributed by atoms with van der Waals surface area (Å²) in [6, 6.07) is 6.43. The zero-order chi connectivity index (χ0) is 18.8. The number of carbonyl (C=O) groups excluding carboxylic acids is 1. The lowest BCUT2D eigenvalue weighted by molar-refractivity contribution is -0.120. The Morgan fingerprint density at radius 2 is 2.07 bits per heavy atom. The molecule has 0 bridgehead atoms. The van der Waals surface area contributed by atoms with Crippen molar-refractivity contribution < 1.29 is 9.18 Å². The first kappa shape index (κ1) is 17.5. The topological polar surface area (TPSA) is 86.8 Å². The number of fused-ring (bicyclic) bond motifs is 1. The lowest BCUT2D eigenvalue weighted by atomic mass is 9.95. The lowest BCUT2D eigenvalue weighted by Gasteiger charge is -2.33. The molecule has 0 atom stereocenters. The summed E-state index contributed by atoms with van der Waals surface area (Å²) >= 11 is 0. The fourth-order valence-electron chi connectivity index (χ4n) is 3.76. The average Bonchev–Trinajstić information content (AvgIpc) is 3.10. The van der Waals surface area contributed by atoms with Gasteiger partial charge >= 0.3 is 0 Å². The molecule has 0 aliphatic carbocycles. The zero-order valence-corrected chi connectivity index (χ0v) is 15.0. The van der Waals surface area contributed by atoms with Crippen molar-refractivity contribution in [3.05, 3.63) is 35.4 Å². The molecule has 3 heterocycles. The minimum absolute atomic E-state index is 0.0714. The SMILES string of the molecule is N#Cc1ccc(N2CCC(C(=O)Nc3nc4n(n3)CCCC4)CC2)c(F)c1. The van der Waals surface area contributed by atoms with Gasteiger partial charge in [0.2, 0.25) is 11.9 Å². The van der Waals surface area contributed by atoms with E-state index >= 15 is 0 Å². The van der Waals surface area contributed by atoms with E-state index in [1.165, 1.54) is 6.07 Å². The molecule has 7 nitrogen and oxygen atoms in total. The highest BCUT2D eigenvalue weighted by atomic mass is 19.1. The van der Waals surface area contributed by atoms with Crippen LogP contribution in [0.15, 0.2) is 18.2 Å². The minimum atomic E-state index is -0.398. The summed E-state index contributed by atoms with van der Waals surface area (Å²) in [5.41, 5.74) is 0.789. The number of carbonyl (C=O) groups is 1. The van der Waals surface area contributed by atoms with Gasteiger partial charge < -0.3 is 4.90 Å². The van der Waals surface area contributed by atoms with Crippen LogP contribution in [0, 0.1) is 23.1 Å². The summed E-state index contributed by atoms with van der Waals surface area (Å²) in [7, 11) is 0. The van der Waals surface area contributed by atoms with E-state index in [0.29, 0.717) is 43.1 Å². The fourth-order valence-corrected chi connectivity index (χ4v) is 3.76. The Labute approximate surface area is 156 Å². The van der Waals surface area contributed by atoms with Crippen molar-refractivity contribution in [1.29, 1.82) is 5.26 Å². The Hall–Kier alpha value is -2.95. The summed E-state index contributed by atoms with van der Waals surface area (Å²) in [6.45, 7) is 2.04. The van der Waals surface area contributed by atoms with Gasteiger partial charge in [0.25, 0.3) is 0 Å². The monoisotopic (exact) mass is 368 g/mol. The number of anilines is 2. The first-order valence-corrected chi connectivity index (χ1v) is 9.33. The molecule has 27 heavy (non-hydrogen) atoms. The second kappa shape index (κ2) is 7.35. The lowest BCUT2D eigenvalue weighted by Crippen LogP contribution is -2.38. The Balaban J connectivity index is 1.35. The molecular weight excluding hydrogens is 347 g/mol. The number of hydrogen-bond acceptors (Lipinski definition) is 5. The van der Waals surface area contributed by atoms with Crippen LogP contribution in [0.3, 0.4) is 0 Å². The van der Waals surface area contributed by atoms with Crippen molar-refractivity contribution in [2.75, 3.05) is 23.3 Å². The number of rotatable bonds is 3. The maximum atomic E-state index is 14.2. The molecule has 1 fully saturated rings. The fraction of sp³-hybridized carbons (Fsp3) is 0.474. The molecule has 2 aromatic rings. The van der Waals surface area contributed by atoms with E-state index in [0.717, 1.165) is 31.6 Å². The molecule has 2 aliphatic rings. The highest BCUT2D eigenvalue weighted by Crippen LogP contribution is 2.27. The molecule has 1 aromatic carbocycles. The number of benzene rings is 1. The second-order valence-electron chi connectivity index (χ2n) is 7.06. The number of halogens is 1. The minimum Gasteiger partial charge on any atom is -0.369 e. The standard InChI is InChI=1S/C19H21FN6O/c20-15-11-13(12-21)4-5-16(15)25-9-6-14(7-10-25)18(27)23-19-22-17-3-1-2-8-26(17)24-19/h4-5,11,14H,1-3,6-10H2,(H,23,24,27). The van der Waals surface area contributed by atoms with E-state index in [2.05, 4.69) is 15.4 Å². The average molecular weight is 368 g/mol. The number of aryl methyl sites for hydroxylation is 2. The van der Waals surface area contributed by atoms with Crippen molar-refractivity contribution in [2.24, 2.45) is 5.92 Å². The Kier molecular flexibility index (Phi) is 4.75. The number of nitriles is 1. The third-order valence-electron chi connectivity index (χ3n) is 5.29. The predicted octanol–water partition coefficient (Wildman–Crippen LogP) is 2.48. The molecule has 2 aliphatic heterocycles. The maximum Gasteiger partial charge on any atom is 0.248 e. The van der Waals surface area contributed by atoms with Crippen LogP contribution in [0.25, 0.3) is 0 Å². The van der Waals surface area contributed by atoms with Gasteiger partial charge in [0.15, 0.2) is 0 Å². The van der Waals surface area contributed by atoms with E-state index in [4.69, 9.17) is 5.26 Å². The van der Waals surface area contributed by atoms with Gasteiger partial charge in [-0.3, -0.25) is 10.1 Å². The Bertz CT molecular complexity index is 871. The molecular formula is C19H21FN6O. The summed E-state index contributed by atoms with van der Waals surface area (Å²) < 4.78 is 16.1. The molecule has 0 saturated carbocycles. The molecule has 4 rings (SSSR count). The first-order chi connectivity index (χ1) is 13.1. The molecule has 1 aromatic heterocycles. The zero-order valence-electron chi connectivity index (χ0n) is 15.0. The summed E-state index contributed by atoms with van der Waals surface area (Å²) in [5, 5.41) is 16.1. The summed E-state index contributed by atoms with van der Waals surface area (Å²) in [6.07, 6.45) is 4.37. The van der Waals surface area contributed by atoms with Crippen LogP contribution in [0.5, 0.6) is 0 Å². The number of amides is 1. The highest BCUT2D eigenvalue weighted by molar-refractivity contribution is 5.91. The molecule has 1 saturated heterocycles. The molecule has 0 radical (unpaired) electrons. The first-order valence-electron chi connectivity index (χ1n) is 9.33. The van der Waals surface area contributed by atoms with Crippen molar-refractivity contribution in [3.8, 4) is 6.07 Å². The highest BCUT2D eigenvalue weighted by Gasteiger charge is 2.27. The maximum absolute atomic E-state index is 14.2. The molecule has 8 heteroatoms. The molecule has 140 valence electrons. The van der Waals surface area contributed by atoms with Crippen LogP contribution < -0.4 is 10.2 Å². The number of hydrogen-bond donors (Lipinski definition) is 1. The van der Waals surface area contributed by atoms with Gasteiger partial charge in [-0.25, -0.2) is 9.07 Å². The summed E-state index contributed by atoms with van der Waals surface area (Å²) in [4.78, 5) is 18.9. The van der Waals surface area contributed by atoms with Gasteiger partial charge in [-0.15, -0.1) is 5.10 Å². The van der Waals surface area contributed by atoms with Gasteiger partial charge in [0.05, 0.1) is 17.3 Å². The van der Waals surface area contributed by atoms with Crippen LogP contribution in [-0.2, 0) is 17.8 Å². The van der Waals surface area contributed by atoms with Crippen LogP contribution in [0.1, 0.15) is 37.1 Å². The molecule has 0 unspecified atom stereocenters. The second-order valence-corrected chi connectivity index (χ2v) is 7.06. The molecule has 1 amide bonds. The Morgan fingerprint density at radius 1 is 1.26 bits per heavy atom. The third-order valence-corrected chi connectivity index (χ3v) is 5.29. The van der Waals surface area contributed by atoms with Gasteiger partial charge in [0, 0.05) is 32.0 Å². The molecule has 0 spiro atoms. The van der Waals surface area contributed by atoms with Crippen molar-refractivity contribution in [1.82, 2.24) is 14.8 Å². The normalized spacial score (nSPS) is 17.3. The van der Waals surface area contributed by atoms with E-state index in [-0.39, 0.29) is 11.8 Å². The third kappa shape index (κ3) is 3.63. The molecule has 1 N–H and O–H groups in total. The van der Waals surface area contributed by atoms with E-state index in [9.17, 15) is 9.18 Å². The predicted molar refractivity (Wildman–Crippen MR) is 97.6 cm³/mol. The number of piperidine rings is 1. The van der Waals surface area contributed by atoms with Crippen molar-refractivity contribution in [3.63, 3.8) is 0 Å². The smallest absolute Gasteiger partial charge is 0.248 e. The van der Waals surface area contributed by atoms with E-state index in [1.807, 2.05) is 15.7 Å². The van der Waals surface area contributed by atoms with Crippen LogP contribution in [-0.4, -0.2) is 33.8 Å². The van der Waals surface area contributed by atoms with Gasteiger partial charge in [0.1, 0.15) is 11.6 Å². The quantitative estimate of drug-likeness (QED) is 0.899. The summed E-state index contributed by atoms with van der Waals surface area (Å²) in [5.74, 6) is 0.714. The van der Waals surface area contributed by atoms with Gasteiger partial charge in [-0.2, -0.15) is 10.2 Å². The number of aromatic nitrogens is 3. The van der Waals surface area contributed by atoms with Crippen LogP contribution >= 0.6 is 0 Å². The van der Waals surface area contributed by atoms with Gasteiger partial charge in [-0.05, 0) is 43.9 Å². The van der Waals surface area contributed by atoms with Crippen LogP contribution in [0.4, 0.5) is 16.0 Å². The number of nitrogens with one attached hydrogen (secondary N) is 1. The van der Waals surface area contributed by atoms with Crippen molar-refractivity contribution >= 4 is 17.5 Å².